The lowest BCUT2D eigenvalue weighted by atomic mass is 9.76. The Morgan fingerprint density at radius 3 is 2.56 bits per heavy atom. The molecule has 0 spiro atoms. The van der Waals surface area contributed by atoms with Crippen LogP contribution in [0.1, 0.15) is 38.8 Å². The number of alkyl halides is 6. The number of aromatic nitrogens is 1. The van der Waals surface area contributed by atoms with Crippen LogP contribution in [0.3, 0.4) is 0 Å². The number of rotatable bonds is 7. The van der Waals surface area contributed by atoms with Crippen LogP contribution in [0.4, 0.5) is 32.2 Å². The Morgan fingerprint density at radius 2 is 1.92 bits per heavy atom. The first kappa shape index (κ1) is 27.5. The number of nitrogens with zero attached hydrogens (tertiary/aromatic N) is 3. The van der Waals surface area contributed by atoms with Crippen LogP contribution < -0.4 is 10.6 Å². The molecule has 12 heteroatoms. The van der Waals surface area contributed by atoms with Crippen molar-refractivity contribution in [3.63, 3.8) is 0 Å². The van der Waals surface area contributed by atoms with Crippen LogP contribution in [0, 0.1) is 16.7 Å². The fourth-order valence-electron chi connectivity index (χ4n) is 4.17. The SMILES string of the molecule is CC(C)(CNc1cccc(C2=CC=CC(C(F)(F)F)(C(F)(F)F)C2)n1)NCC(=O)N1CCC[C@H]1C#N. The molecule has 1 saturated heterocycles. The largest absolute Gasteiger partial charge is 0.406 e. The second kappa shape index (κ2) is 10.1. The summed E-state index contributed by atoms with van der Waals surface area (Å²) in [5.41, 5.74) is -4.78. The number of anilines is 1. The summed E-state index contributed by atoms with van der Waals surface area (Å²) in [5.74, 6) is 0.0696. The average Bonchev–Trinajstić information content (AvgIpc) is 3.29. The Hall–Kier alpha value is -3.07. The molecule has 36 heavy (non-hydrogen) atoms. The fraction of sp³-hybridized carbons (Fsp3) is 0.542. The maximum absolute atomic E-state index is 13.5. The fourth-order valence-corrected chi connectivity index (χ4v) is 4.17. The van der Waals surface area contributed by atoms with Gasteiger partial charge < -0.3 is 15.5 Å². The minimum atomic E-state index is -5.52. The molecule has 3 rings (SSSR count). The van der Waals surface area contributed by atoms with Crippen LogP contribution in [-0.4, -0.2) is 59.4 Å². The maximum atomic E-state index is 13.5. The highest BCUT2D eigenvalue weighted by molar-refractivity contribution is 5.79. The van der Waals surface area contributed by atoms with Crippen molar-refractivity contribution in [1.29, 1.82) is 5.26 Å². The van der Waals surface area contributed by atoms with E-state index in [4.69, 9.17) is 5.26 Å². The molecular formula is C24H27F6N5O. The monoisotopic (exact) mass is 515 g/mol. The third-order valence-corrected chi connectivity index (χ3v) is 6.39. The average molecular weight is 516 g/mol. The number of halogens is 6. The summed E-state index contributed by atoms with van der Waals surface area (Å²) in [5, 5.41) is 15.3. The number of likely N-dealkylation sites (tertiary alicyclic amines) is 1. The van der Waals surface area contributed by atoms with E-state index in [-0.39, 0.29) is 42.2 Å². The molecule has 0 saturated carbocycles. The summed E-state index contributed by atoms with van der Waals surface area (Å²) < 4.78 is 81.0. The molecule has 2 heterocycles. The van der Waals surface area contributed by atoms with Crippen molar-refractivity contribution in [1.82, 2.24) is 15.2 Å². The molecule has 6 nitrogen and oxygen atoms in total. The number of amides is 1. The summed E-state index contributed by atoms with van der Waals surface area (Å²) >= 11 is 0. The Labute approximate surface area is 205 Å². The number of hydrogen-bond acceptors (Lipinski definition) is 5. The number of hydrogen-bond donors (Lipinski definition) is 2. The van der Waals surface area contributed by atoms with Crippen LogP contribution in [0.2, 0.25) is 0 Å². The number of carbonyl (C=O) groups excluding carboxylic acids is 1. The second-order valence-corrected chi connectivity index (χ2v) is 9.57. The van der Waals surface area contributed by atoms with Crippen molar-refractivity contribution in [3.05, 3.63) is 42.1 Å². The van der Waals surface area contributed by atoms with Crippen molar-refractivity contribution < 1.29 is 31.1 Å². The molecule has 0 unspecified atom stereocenters. The lowest BCUT2D eigenvalue weighted by molar-refractivity contribution is -0.319. The van der Waals surface area contributed by atoms with E-state index < -0.39 is 35.8 Å². The molecule has 1 amide bonds. The van der Waals surface area contributed by atoms with E-state index in [9.17, 15) is 31.1 Å². The smallest absolute Gasteiger partial charge is 0.368 e. The van der Waals surface area contributed by atoms with Crippen molar-refractivity contribution in [2.45, 2.75) is 57.0 Å². The minimum absolute atomic E-state index is 0.000234. The molecule has 2 aliphatic rings. The van der Waals surface area contributed by atoms with E-state index in [1.165, 1.54) is 23.1 Å². The highest BCUT2D eigenvalue weighted by Crippen LogP contribution is 2.57. The van der Waals surface area contributed by atoms with Gasteiger partial charge in [-0.25, -0.2) is 4.98 Å². The summed E-state index contributed by atoms with van der Waals surface area (Å²) in [4.78, 5) is 18.2. The topological polar surface area (TPSA) is 81.1 Å². The van der Waals surface area contributed by atoms with Gasteiger partial charge in [-0.15, -0.1) is 0 Å². The Balaban J connectivity index is 1.65. The van der Waals surface area contributed by atoms with Gasteiger partial charge in [0.15, 0.2) is 5.41 Å². The first-order chi connectivity index (χ1) is 16.7. The van der Waals surface area contributed by atoms with Crippen LogP contribution in [0.25, 0.3) is 5.57 Å². The molecule has 1 aromatic heterocycles. The van der Waals surface area contributed by atoms with E-state index in [2.05, 4.69) is 21.7 Å². The van der Waals surface area contributed by atoms with E-state index in [0.717, 1.165) is 12.5 Å². The number of pyridine rings is 1. The summed E-state index contributed by atoms with van der Waals surface area (Å²) in [6, 6.07) is 6.09. The molecule has 1 fully saturated rings. The van der Waals surface area contributed by atoms with Gasteiger partial charge in [0.1, 0.15) is 11.9 Å². The number of allylic oxidation sites excluding steroid dienone is 4. The highest BCUT2D eigenvalue weighted by Gasteiger charge is 2.69. The van der Waals surface area contributed by atoms with Gasteiger partial charge in [-0.05, 0) is 44.4 Å². The molecule has 0 radical (unpaired) electrons. The van der Waals surface area contributed by atoms with Crippen molar-refractivity contribution in [2.24, 2.45) is 5.41 Å². The van der Waals surface area contributed by atoms with Crippen molar-refractivity contribution in [3.8, 4) is 6.07 Å². The third kappa shape index (κ3) is 5.83. The van der Waals surface area contributed by atoms with Crippen LogP contribution in [-0.2, 0) is 4.79 Å². The summed E-state index contributed by atoms with van der Waals surface area (Å²) in [7, 11) is 0. The molecule has 0 bridgehead atoms. The molecule has 1 aliphatic carbocycles. The molecule has 0 aromatic carbocycles. The van der Waals surface area contributed by atoms with E-state index in [0.29, 0.717) is 13.0 Å². The first-order valence-corrected chi connectivity index (χ1v) is 11.4. The molecule has 1 aliphatic heterocycles. The lowest BCUT2D eigenvalue weighted by Crippen LogP contribution is -2.50. The van der Waals surface area contributed by atoms with Gasteiger partial charge in [0.05, 0.1) is 18.3 Å². The summed E-state index contributed by atoms with van der Waals surface area (Å²) in [6.45, 7) is 4.43. The van der Waals surface area contributed by atoms with Crippen LogP contribution in [0.15, 0.2) is 36.4 Å². The van der Waals surface area contributed by atoms with E-state index in [1.807, 2.05) is 13.8 Å². The molecule has 196 valence electrons. The minimum Gasteiger partial charge on any atom is -0.368 e. The quantitative estimate of drug-likeness (QED) is 0.509. The van der Waals surface area contributed by atoms with Crippen molar-refractivity contribution >= 4 is 17.3 Å². The Bertz CT molecular complexity index is 1060. The number of carbonyl (C=O) groups is 1. The number of nitrogens with one attached hydrogen (secondary N) is 2. The lowest BCUT2D eigenvalue weighted by Gasteiger charge is -2.37. The highest BCUT2D eigenvalue weighted by atomic mass is 19.4. The normalized spacial score (nSPS) is 20.1. The molecule has 2 N–H and O–H groups in total. The zero-order valence-corrected chi connectivity index (χ0v) is 19.8. The molecule has 1 aromatic rings. The number of nitriles is 1. The zero-order valence-electron chi connectivity index (χ0n) is 19.8. The maximum Gasteiger partial charge on any atom is 0.406 e. The first-order valence-electron chi connectivity index (χ1n) is 11.4. The van der Waals surface area contributed by atoms with Crippen LogP contribution in [0.5, 0.6) is 0 Å². The van der Waals surface area contributed by atoms with Crippen LogP contribution >= 0.6 is 0 Å². The standard InChI is InChI=1S/C24H27F6N5O/c1-21(2,33-14-20(36)35-11-5-7-17(35)13-31)15-32-19-9-3-8-18(34-19)16-6-4-10-22(12-16,23(25,26)27)24(28,29)30/h3-4,6,8-10,17,33H,5,7,11-12,14-15H2,1-2H3,(H,32,34)/t17-/m0/s1. The molecular weight excluding hydrogens is 488 g/mol. The van der Waals surface area contributed by atoms with Gasteiger partial charge in [-0.2, -0.15) is 31.6 Å². The van der Waals surface area contributed by atoms with E-state index >= 15 is 0 Å². The predicted octanol–water partition coefficient (Wildman–Crippen LogP) is 4.83. The van der Waals surface area contributed by atoms with Gasteiger partial charge in [0.25, 0.3) is 0 Å². The Kier molecular flexibility index (Phi) is 7.74. The van der Waals surface area contributed by atoms with Gasteiger partial charge >= 0.3 is 12.4 Å². The van der Waals surface area contributed by atoms with Gasteiger partial charge in [-0.3, -0.25) is 4.79 Å². The predicted molar refractivity (Wildman–Crippen MR) is 121 cm³/mol. The van der Waals surface area contributed by atoms with Gasteiger partial charge in [0, 0.05) is 25.0 Å². The van der Waals surface area contributed by atoms with Crippen molar-refractivity contribution in [2.75, 3.05) is 25.0 Å². The zero-order chi connectivity index (χ0) is 26.8. The summed E-state index contributed by atoms with van der Waals surface area (Å²) in [6.07, 6.45) is -8.81. The Morgan fingerprint density at radius 1 is 1.22 bits per heavy atom. The van der Waals surface area contributed by atoms with E-state index in [1.54, 1.807) is 6.07 Å². The van der Waals surface area contributed by atoms with Gasteiger partial charge in [-0.1, -0.05) is 24.3 Å². The molecule has 1 atom stereocenters. The van der Waals surface area contributed by atoms with Gasteiger partial charge in [0.2, 0.25) is 5.91 Å². The third-order valence-electron chi connectivity index (χ3n) is 6.39. The second-order valence-electron chi connectivity index (χ2n) is 9.57.